The number of fused-ring (bicyclic) bond motifs is 1. The first kappa shape index (κ1) is 28.9. The van der Waals surface area contributed by atoms with Crippen LogP contribution in [0.15, 0.2) is 59.6 Å². The number of amides is 3. The van der Waals surface area contributed by atoms with Crippen LogP contribution in [0.3, 0.4) is 0 Å². The molecular weight excluding hydrogens is 506 g/mol. The summed E-state index contributed by atoms with van der Waals surface area (Å²) in [7, 11) is 1.43. The number of aliphatic imine (C=N–C) groups is 1. The average Bonchev–Trinajstić information content (AvgIpc) is 3.04. The second-order valence-electron chi connectivity index (χ2n) is 9.00. The number of hydrogen-bond donors (Lipinski definition) is 4. The predicted octanol–water partition coefficient (Wildman–Crippen LogP) is 1.67. The number of carboxylic acid groups (broad SMARTS) is 1. The summed E-state index contributed by atoms with van der Waals surface area (Å²) >= 11 is 4.10. The van der Waals surface area contributed by atoms with E-state index in [1.807, 2.05) is 37.3 Å². The molecule has 4 N–H and O–H groups in total. The molecule has 11 heteroatoms. The average molecular weight is 540 g/mol. The maximum atomic E-state index is 13.9. The minimum absolute atomic E-state index is 0.0695. The third kappa shape index (κ3) is 6.59. The first-order chi connectivity index (χ1) is 18.2. The number of carbonyl (C=O) groups is 4. The van der Waals surface area contributed by atoms with E-state index >= 15 is 0 Å². The Morgan fingerprint density at radius 2 is 1.82 bits per heavy atom. The highest BCUT2D eigenvalue weighted by molar-refractivity contribution is 7.80. The zero-order valence-corrected chi connectivity index (χ0v) is 22.3. The summed E-state index contributed by atoms with van der Waals surface area (Å²) in [4.78, 5) is 58.8. The number of unbranched alkanes of at least 4 members (excludes halogenated alkanes) is 1. The number of thiol groups is 1. The molecule has 0 bridgehead atoms. The van der Waals surface area contributed by atoms with Gasteiger partial charge in [0.25, 0.3) is 5.91 Å². The van der Waals surface area contributed by atoms with Crippen molar-refractivity contribution in [3.8, 4) is 0 Å². The quantitative estimate of drug-likeness (QED) is 0.320. The van der Waals surface area contributed by atoms with E-state index in [0.717, 1.165) is 11.3 Å². The number of anilines is 1. The van der Waals surface area contributed by atoms with Crippen LogP contribution in [0, 0.1) is 0 Å². The number of rotatable bonds is 11. The fraction of sp³-hybridized carbons (Fsp3) is 0.370. The van der Waals surface area contributed by atoms with E-state index < -0.39 is 48.5 Å². The van der Waals surface area contributed by atoms with E-state index in [4.69, 9.17) is 10.7 Å². The number of hydrogen-bond acceptors (Lipinski definition) is 7. The number of aliphatic carboxylic acids is 1. The highest BCUT2D eigenvalue weighted by atomic mass is 32.1. The molecule has 10 nitrogen and oxygen atoms in total. The molecule has 38 heavy (non-hydrogen) atoms. The molecule has 1 heterocycles. The lowest BCUT2D eigenvalue weighted by Crippen LogP contribution is -2.55. The van der Waals surface area contributed by atoms with Crippen LogP contribution in [0.2, 0.25) is 0 Å². The van der Waals surface area contributed by atoms with Crippen molar-refractivity contribution < 1.29 is 24.3 Å². The molecule has 0 saturated heterocycles. The highest BCUT2D eigenvalue weighted by Crippen LogP contribution is 2.29. The number of nitrogens with zero attached hydrogens (tertiary/aromatic N) is 3. The summed E-state index contributed by atoms with van der Waals surface area (Å²) in [6, 6.07) is 14.2. The van der Waals surface area contributed by atoms with Crippen molar-refractivity contribution in [1.29, 1.82) is 0 Å². The van der Waals surface area contributed by atoms with Gasteiger partial charge < -0.3 is 21.1 Å². The SMILES string of the molecule is CCCC[C@H](NC(=O)CN1C(=O)C(N(C)C(=O)C(N)CS)N=C(c2ccccc2)c2ccccc21)C(=O)O. The Bertz CT molecular complexity index is 1210. The molecule has 3 rings (SSSR count). The van der Waals surface area contributed by atoms with Crippen molar-refractivity contribution in [3.63, 3.8) is 0 Å². The van der Waals surface area contributed by atoms with Crippen molar-refractivity contribution in [1.82, 2.24) is 10.2 Å². The smallest absolute Gasteiger partial charge is 0.326 e. The molecule has 1 aliphatic heterocycles. The molecule has 2 unspecified atom stereocenters. The number of benzene rings is 2. The monoisotopic (exact) mass is 539 g/mol. The van der Waals surface area contributed by atoms with Crippen LogP contribution in [-0.4, -0.2) is 77.0 Å². The molecule has 3 atom stereocenters. The Labute approximate surface area is 227 Å². The Morgan fingerprint density at radius 3 is 2.45 bits per heavy atom. The van der Waals surface area contributed by atoms with Gasteiger partial charge in [-0.2, -0.15) is 12.6 Å². The largest absolute Gasteiger partial charge is 0.480 e. The summed E-state index contributed by atoms with van der Waals surface area (Å²) in [6.07, 6.45) is 0.342. The van der Waals surface area contributed by atoms with Crippen LogP contribution >= 0.6 is 12.6 Å². The topological polar surface area (TPSA) is 145 Å². The van der Waals surface area contributed by atoms with Crippen molar-refractivity contribution >= 4 is 47.7 Å². The van der Waals surface area contributed by atoms with Crippen LogP contribution in [0.1, 0.15) is 37.3 Å². The lowest BCUT2D eigenvalue weighted by atomic mass is 10.0. The molecule has 0 saturated carbocycles. The second-order valence-corrected chi connectivity index (χ2v) is 9.36. The van der Waals surface area contributed by atoms with E-state index in [9.17, 15) is 24.3 Å². The number of carboxylic acids is 1. The van der Waals surface area contributed by atoms with E-state index in [2.05, 4.69) is 17.9 Å². The molecule has 202 valence electrons. The lowest BCUT2D eigenvalue weighted by molar-refractivity contribution is -0.142. The molecule has 3 amide bonds. The minimum Gasteiger partial charge on any atom is -0.480 e. The van der Waals surface area contributed by atoms with Crippen LogP contribution < -0.4 is 16.0 Å². The summed E-state index contributed by atoms with van der Waals surface area (Å²) in [6.45, 7) is 1.47. The fourth-order valence-electron chi connectivity index (χ4n) is 4.17. The number of nitrogens with two attached hydrogens (primary N) is 1. The van der Waals surface area contributed by atoms with Gasteiger partial charge >= 0.3 is 5.97 Å². The van der Waals surface area contributed by atoms with Crippen LogP contribution in [0.4, 0.5) is 5.69 Å². The Balaban J connectivity index is 2.07. The van der Waals surface area contributed by atoms with Gasteiger partial charge in [0.15, 0.2) is 0 Å². The Kier molecular flexibility index (Phi) is 10.0. The van der Waals surface area contributed by atoms with Gasteiger partial charge in [-0.25, -0.2) is 9.79 Å². The van der Waals surface area contributed by atoms with Gasteiger partial charge in [0.2, 0.25) is 18.0 Å². The van der Waals surface area contributed by atoms with Gasteiger partial charge in [0.1, 0.15) is 12.6 Å². The van der Waals surface area contributed by atoms with Crippen LogP contribution in [0.25, 0.3) is 0 Å². The maximum Gasteiger partial charge on any atom is 0.326 e. The Hall–Kier alpha value is -3.70. The zero-order chi connectivity index (χ0) is 27.8. The number of benzodiazepines with no additional fused rings is 1. The van der Waals surface area contributed by atoms with E-state index in [1.54, 1.807) is 24.3 Å². The maximum absolute atomic E-state index is 13.9. The molecule has 0 fully saturated rings. The molecule has 0 aliphatic carbocycles. The number of nitrogens with one attached hydrogen (secondary N) is 1. The van der Waals surface area contributed by atoms with Gasteiger partial charge in [-0.3, -0.25) is 19.3 Å². The van der Waals surface area contributed by atoms with Gasteiger partial charge in [-0.05, 0) is 12.5 Å². The van der Waals surface area contributed by atoms with Crippen molar-refractivity contribution in [2.45, 2.75) is 44.4 Å². The third-order valence-corrected chi connectivity index (χ3v) is 6.64. The van der Waals surface area contributed by atoms with Crippen molar-refractivity contribution in [2.24, 2.45) is 10.7 Å². The van der Waals surface area contributed by atoms with Crippen molar-refractivity contribution in [2.75, 3.05) is 24.2 Å². The first-order valence-corrected chi connectivity index (χ1v) is 13.0. The van der Waals surface area contributed by atoms with Gasteiger partial charge in [-0.1, -0.05) is 68.3 Å². The summed E-state index contributed by atoms with van der Waals surface area (Å²) in [5.41, 5.74) is 8.10. The lowest BCUT2D eigenvalue weighted by Gasteiger charge is -2.30. The first-order valence-electron chi connectivity index (χ1n) is 12.4. The van der Waals surface area contributed by atoms with Crippen LogP contribution in [-0.2, 0) is 19.2 Å². The van der Waals surface area contributed by atoms with Gasteiger partial charge in [0, 0.05) is 23.9 Å². The van der Waals surface area contributed by atoms with E-state index in [-0.39, 0.29) is 12.2 Å². The molecule has 0 radical (unpaired) electrons. The second kappa shape index (κ2) is 13.2. The highest BCUT2D eigenvalue weighted by Gasteiger charge is 2.38. The van der Waals surface area contributed by atoms with E-state index in [0.29, 0.717) is 28.9 Å². The minimum atomic E-state index is -1.32. The van der Waals surface area contributed by atoms with Crippen LogP contribution in [0.5, 0.6) is 0 Å². The molecule has 2 aromatic rings. The predicted molar refractivity (Wildman–Crippen MR) is 148 cm³/mol. The number of likely N-dealkylation sites (N-methyl/N-ethyl adjacent to an activating group) is 1. The molecule has 2 aromatic carbocycles. The van der Waals surface area contributed by atoms with E-state index in [1.165, 1.54) is 11.9 Å². The molecular formula is C27H33N5O5S. The Morgan fingerprint density at radius 1 is 1.16 bits per heavy atom. The van der Waals surface area contributed by atoms with Gasteiger partial charge in [0.05, 0.1) is 17.4 Å². The molecule has 0 spiro atoms. The molecule has 1 aliphatic rings. The third-order valence-electron chi connectivity index (χ3n) is 6.25. The summed E-state index contributed by atoms with van der Waals surface area (Å²) in [5.74, 6) is -2.87. The number of carbonyl (C=O) groups excluding carboxylic acids is 3. The fourth-order valence-corrected chi connectivity index (χ4v) is 4.32. The zero-order valence-electron chi connectivity index (χ0n) is 21.4. The number of para-hydroxylation sites is 1. The van der Waals surface area contributed by atoms with Gasteiger partial charge in [-0.15, -0.1) is 0 Å². The molecule has 0 aromatic heterocycles. The summed E-state index contributed by atoms with van der Waals surface area (Å²) < 4.78 is 0. The normalized spacial score (nSPS) is 16.5. The van der Waals surface area contributed by atoms with Crippen molar-refractivity contribution in [3.05, 3.63) is 65.7 Å². The summed E-state index contributed by atoms with van der Waals surface area (Å²) in [5, 5.41) is 12.1. The standard InChI is InChI=1S/C27H33N5O5S/c1-3-4-13-20(27(36)37)29-22(33)15-32-21-14-9-8-12-18(21)23(17-10-6-5-7-11-17)30-24(26(32)35)31(2)25(34)19(28)16-38/h5-12,14,19-20,24,38H,3-4,13,15-16,28H2,1-2H3,(H,29,33)(H,36,37)/t19?,20-,24?/m0/s1.